The first kappa shape index (κ1) is 21.2. The Hall–Kier alpha value is -3.52. The molecule has 152 valence electrons. The van der Waals surface area contributed by atoms with E-state index in [9.17, 15) is 10.2 Å². The minimum atomic E-state index is 0.175. The summed E-state index contributed by atoms with van der Waals surface area (Å²) in [6.07, 6.45) is 0. The molecule has 30 heavy (non-hydrogen) atoms. The van der Waals surface area contributed by atoms with Gasteiger partial charge in [-0.3, -0.25) is 0 Å². The third-order valence-corrected chi connectivity index (χ3v) is 5.66. The molecule has 0 aliphatic rings. The summed E-state index contributed by atoms with van der Waals surface area (Å²) in [5.74, 6) is 0.350. The van der Waals surface area contributed by atoms with Gasteiger partial charge < -0.3 is 10.2 Å². The van der Waals surface area contributed by atoms with Crippen molar-refractivity contribution in [2.24, 2.45) is 0 Å². The number of phenols is 2. The molecule has 0 aromatic heterocycles. The highest BCUT2D eigenvalue weighted by Gasteiger charge is 2.08. The minimum absolute atomic E-state index is 0.175. The van der Waals surface area contributed by atoms with Crippen molar-refractivity contribution in [3.63, 3.8) is 0 Å². The maximum Gasteiger partial charge on any atom is 0.123 e. The lowest BCUT2D eigenvalue weighted by atomic mass is 9.91. The Labute approximate surface area is 179 Å². The highest BCUT2D eigenvalue weighted by atomic mass is 16.3. The average Bonchev–Trinajstić information content (AvgIpc) is 2.77. The Kier molecular flexibility index (Phi) is 6.58. The lowest BCUT2D eigenvalue weighted by molar-refractivity contribution is 0.469. The Bertz CT molecular complexity index is 1100. The fourth-order valence-electron chi connectivity index (χ4n) is 3.53. The number of hydrogen-bond acceptors (Lipinski definition) is 2. The molecule has 4 aromatic rings. The van der Waals surface area contributed by atoms with Crippen molar-refractivity contribution in [1.82, 2.24) is 0 Å². The third kappa shape index (κ3) is 4.55. The van der Waals surface area contributed by atoms with Gasteiger partial charge in [-0.15, -0.1) is 0 Å². The van der Waals surface area contributed by atoms with Crippen LogP contribution in [-0.2, 0) is 0 Å². The Balaban J connectivity index is 0.000000172. The summed E-state index contributed by atoms with van der Waals surface area (Å²) in [7, 11) is 0. The molecule has 0 atom stereocenters. The summed E-state index contributed by atoms with van der Waals surface area (Å²) in [5.41, 5.74) is 9.57. The van der Waals surface area contributed by atoms with Crippen LogP contribution in [0.4, 0.5) is 0 Å². The Morgan fingerprint density at radius 1 is 0.467 bits per heavy atom. The van der Waals surface area contributed by atoms with Crippen molar-refractivity contribution in [2.75, 3.05) is 0 Å². The van der Waals surface area contributed by atoms with Gasteiger partial charge in [0.25, 0.3) is 0 Å². The topological polar surface area (TPSA) is 40.5 Å². The van der Waals surface area contributed by atoms with E-state index in [1.807, 2.05) is 12.1 Å². The van der Waals surface area contributed by atoms with Crippen molar-refractivity contribution in [3.05, 3.63) is 107 Å². The van der Waals surface area contributed by atoms with Gasteiger partial charge in [-0.2, -0.15) is 0 Å². The normalized spacial score (nSPS) is 10.3. The van der Waals surface area contributed by atoms with Crippen LogP contribution in [0, 0.1) is 27.7 Å². The molecule has 0 aliphatic carbocycles. The van der Waals surface area contributed by atoms with E-state index in [2.05, 4.69) is 64.1 Å². The summed E-state index contributed by atoms with van der Waals surface area (Å²) in [6, 6.07) is 26.8. The van der Waals surface area contributed by atoms with Crippen LogP contribution in [0.2, 0.25) is 0 Å². The van der Waals surface area contributed by atoms with E-state index in [0.29, 0.717) is 11.1 Å². The number of phenolic OH excluding ortho intramolecular Hbond substituents is 2. The summed E-state index contributed by atoms with van der Waals surface area (Å²) in [4.78, 5) is 0. The standard InChI is InChI=1S/C16H18.C12H10O2/c1-11-10-16(14(4)13(3)12(11)2)15-8-6-5-7-9-15;13-11-7-3-1-5-9(11)10-6-2-4-8-12(10)14/h5-10H,1-4H3;1-8,13-14H. The first-order chi connectivity index (χ1) is 14.4. The van der Waals surface area contributed by atoms with Gasteiger partial charge in [0.05, 0.1) is 0 Å². The van der Waals surface area contributed by atoms with Crippen LogP contribution in [0.15, 0.2) is 84.9 Å². The van der Waals surface area contributed by atoms with Crippen LogP contribution in [0.1, 0.15) is 22.3 Å². The smallest absolute Gasteiger partial charge is 0.123 e. The number of aryl methyl sites for hydroxylation is 1. The Morgan fingerprint density at radius 2 is 0.933 bits per heavy atom. The predicted molar refractivity (Wildman–Crippen MR) is 126 cm³/mol. The number of rotatable bonds is 2. The van der Waals surface area contributed by atoms with Crippen LogP contribution >= 0.6 is 0 Å². The predicted octanol–water partition coefficient (Wildman–Crippen LogP) is 7.35. The molecule has 0 spiro atoms. The summed E-state index contributed by atoms with van der Waals surface area (Å²) in [6.45, 7) is 8.81. The first-order valence-corrected chi connectivity index (χ1v) is 10.1. The van der Waals surface area contributed by atoms with Gasteiger partial charge in [0, 0.05) is 11.1 Å². The second kappa shape index (κ2) is 9.32. The van der Waals surface area contributed by atoms with Crippen LogP contribution < -0.4 is 0 Å². The number of aromatic hydroxyl groups is 2. The zero-order valence-corrected chi connectivity index (χ0v) is 18.0. The summed E-state index contributed by atoms with van der Waals surface area (Å²) in [5, 5.41) is 19.2. The van der Waals surface area contributed by atoms with E-state index in [1.165, 1.54) is 33.4 Å². The maximum absolute atomic E-state index is 9.58. The molecule has 0 fully saturated rings. The molecule has 0 saturated heterocycles. The van der Waals surface area contributed by atoms with E-state index in [4.69, 9.17) is 0 Å². The molecule has 2 nitrogen and oxygen atoms in total. The highest BCUT2D eigenvalue weighted by Crippen LogP contribution is 2.34. The van der Waals surface area contributed by atoms with E-state index in [1.54, 1.807) is 36.4 Å². The van der Waals surface area contributed by atoms with Gasteiger partial charge in [0.1, 0.15) is 11.5 Å². The van der Waals surface area contributed by atoms with E-state index in [0.717, 1.165) is 0 Å². The summed E-state index contributed by atoms with van der Waals surface area (Å²) >= 11 is 0. The number of para-hydroxylation sites is 2. The molecule has 0 aliphatic heterocycles. The van der Waals surface area contributed by atoms with Crippen LogP contribution in [-0.4, -0.2) is 10.2 Å². The minimum Gasteiger partial charge on any atom is -0.507 e. The number of benzene rings is 4. The number of hydrogen-bond donors (Lipinski definition) is 2. The summed E-state index contributed by atoms with van der Waals surface area (Å²) < 4.78 is 0. The van der Waals surface area contributed by atoms with Gasteiger partial charge in [-0.25, -0.2) is 0 Å². The zero-order valence-electron chi connectivity index (χ0n) is 18.0. The second-order valence-electron chi connectivity index (χ2n) is 7.52. The first-order valence-electron chi connectivity index (χ1n) is 10.1. The molecule has 2 heteroatoms. The van der Waals surface area contributed by atoms with Crippen LogP contribution in [0.3, 0.4) is 0 Å². The van der Waals surface area contributed by atoms with Crippen molar-refractivity contribution < 1.29 is 10.2 Å². The van der Waals surface area contributed by atoms with E-state index in [-0.39, 0.29) is 11.5 Å². The van der Waals surface area contributed by atoms with E-state index >= 15 is 0 Å². The molecule has 0 bridgehead atoms. The molecule has 0 amide bonds. The van der Waals surface area contributed by atoms with Gasteiger partial charge in [-0.1, -0.05) is 72.8 Å². The van der Waals surface area contributed by atoms with Crippen molar-refractivity contribution >= 4 is 0 Å². The van der Waals surface area contributed by atoms with Crippen molar-refractivity contribution in [1.29, 1.82) is 0 Å². The SMILES string of the molecule is Cc1cc(-c2ccccc2)c(C)c(C)c1C.Oc1ccccc1-c1ccccc1O. The second-order valence-corrected chi connectivity index (χ2v) is 7.52. The Morgan fingerprint density at radius 3 is 1.43 bits per heavy atom. The molecule has 4 rings (SSSR count). The lowest BCUT2D eigenvalue weighted by Crippen LogP contribution is -1.94. The largest absolute Gasteiger partial charge is 0.507 e. The van der Waals surface area contributed by atoms with Gasteiger partial charge >= 0.3 is 0 Å². The van der Waals surface area contributed by atoms with E-state index < -0.39 is 0 Å². The monoisotopic (exact) mass is 396 g/mol. The molecule has 0 heterocycles. The van der Waals surface area contributed by atoms with Crippen molar-refractivity contribution in [2.45, 2.75) is 27.7 Å². The molecule has 2 N–H and O–H groups in total. The average molecular weight is 397 g/mol. The van der Waals surface area contributed by atoms with Gasteiger partial charge in [0.2, 0.25) is 0 Å². The van der Waals surface area contributed by atoms with Gasteiger partial charge in [0.15, 0.2) is 0 Å². The molecule has 0 saturated carbocycles. The molecule has 0 radical (unpaired) electrons. The highest BCUT2D eigenvalue weighted by molar-refractivity contribution is 5.75. The zero-order chi connectivity index (χ0) is 21.7. The fraction of sp³-hybridized carbons (Fsp3) is 0.143. The maximum atomic E-state index is 9.58. The van der Waals surface area contributed by atoms with Gasteiger partial charge in [-0.05, 0) is 73.2 Å². The van der Waals surface area contributed by atoms with Crippen LogP contribution in [0.25, 0.3) is 22.3 Å². The van der Waals surface area contributed by atoms with Crippen LogP contribution in [0.5, 0.6) is 11.5 Å². The van der Waals surface area contributed by atoms with Crippen molar-refractivity contribution in [3.8, 4) is 33.8 Å². The molecule has 4 aromatic carbocycles. The molecular formula is C28H28O2. The lowest BCUT2D eigenvalue weighted by Gasteiger charge is -2.14. The molecule has 0 unspecified atom stereocenters. The molecular weight excluding hydrogens is 368 g/mol. The third-order valence-electron chi connectivity index (χ3n) is 5.66. The quantitative estimate of drug-likeness (QED) is 0.372. The fourth-order valence-corrected chi connectivity index (χ4v) is 3.53.